The van der Waals surface area contributed by atoms with Crippen molar-refractivity contribution in [3.8, 4) is 11.1 Å². The van der Waals surface area contributed by atoms with Crippen LogP contribution in [-0.4, -0.2) is 35.6 Å². The zero-order valence-corrected chi connectivity index (χ0v) is 22.3. The van der Waals surface area contributed by atoms with Crippen molar-refractivity contribution in [2.45, 2.75) is 52.7 Å². The molecule has 0 bridgehead atoms. The van der Waals surface area contributed by atoms with Gasteiger partial charge in [0.15, 0.2) is 0 Å². The van der Waals surface area contributed by atoms with Crippen LogP contribution >= 0.6 is 0 Å². The van der Waals surface area contributed by atoms with E-state index >= 15 is 0 Å². The summed E-state index contributed by atoms with van der Waals surface area (Å²) in [5.41, 5.74) is -0.272. The van der Waals surface area contributed by atoms with E-state index < -0.39 is 52.8 Å². The van der Waals surface area contributed by atoms with Gasteiger partial charge in [0.25, 0.3) is 5.91 Å². The molecule has 3 aromatic rings. The Bertz CT molecular complexity index is 1320. The first-order valence-corrected chi connectivity index (χ1v) is 12.1. The summed E-state index contributed by atoms with van der Waals surface area (Å²) in [6, 6.07) is 16.4. The highest BCUT2D eigenvalue weighted by Gasteiger charge is 2.28. The predicted molar refractivity (Wildman–Crippen MR) is 141 cm³/mol. The Balaban J connectivity index is 1.98. The van der Waals surface area contributed by atoms with Crippen LogP contribution in [0.25, 0.3) is 11.1 Å². The molecule has 8 heteroatoms. The number of hydrogen-bond acceptors (Lipinski definition) is 5. The highest BCUT2D eigenvalue weighted by molar-refractivity contribution is 6.09. The quantitative estimate of drug-likeness (QED) is 0.342. The van der Waals surface area contributed by atoms with E-state index in [0.29, 0.717) is 16.7 Å². The molecule has 6 nitrogen and oxygen atoms in total. The Morgan fingerprint density at radius 3 is 1.84 bits per heavy atom. The molecule has 0 atom stereocenters. The molecule has 0 N–H and O–H groups in total. The van der Waals surface area contributed by atoms with E-state index in [-0.39, 0.29) is 5.69 Å². The number of hydrogen-bond donors (Lipinski definition) is 0. The lowest BCUT2D eigenvalue weighted by Gasteiger charge is -2.26. The molecule has 0 aromatic heterocycles. The molecule has 3 aromatic carbocycles. The van der Waals surface area contributed by atoms with Crippen LogP contribution in [-0.2, 0) is 14.3 Å². The van der Waals surface area contributed by atoms with Crippen molar-refractivity contribution in [1.29, 1.82) is 0 Å². The SMILES string of the molecule is CC(C)(C)OC(=O)CN(C(=O)c1c(F)cccc1F)c1cccc(-c2ccc(C(=O)OC(C)(C)C)cc2)c1. The fourth-order valence-electron chi connectivity index (χ4n) is 3.61. The first-order chi connectivity index (χ1) is 17.6. The van der Waals surface area contributed by atoms with Gasteiger partial charge in [-0.2, -0.15) is 0 Å². The number of halogens is 2. The molecule has 0 fully saturated rings. The zero-order chi connectivity index (χ0) is 28.3. The van der Waals surface area contributed by atoms with Crippen LogP contribution in [0.1, 0.15) is 62.3 Å². The van der Waals surface area contributed by atoms with Gasteiger partial charge in [-0.05, 0) is 89.1 Å². The molecular formula is C30H31F2NO5. The molecule has 0 spiro atoms. The van der Waals surface area contributed by atoms with Crippen LogP contribution in [0, 0.1) is 11.6 Å². The summed E-state index contributed by atoms with van der Waals surface area (Å²) in [6.45, 7) is 9.80. The fourth-order valence-corrected chi connectivity index (χ4v) is 3.61. The summed E-state index contributed by atoms with van der Waals surface area (Å²) in [5.74, 6) is -4.31. The Kier molecular flexibility index (Phi) is 8.35. The summed E-state index contributed by atoms with van der Waals surface area (Å²) >= 11 is 0. The number of nitrogens with zero attached hydrogens (tertiary/aromatic N) is 1. The van der Waals surface area contributed by atoms with Gasteiger partial charge in [0.2, 0.25) is 0 Å². The highest BCUT2D eigenvalue weighted by atomic mass is 19.1. The second-order valence-electron chi connectivity index (χ2n) is 10.7. The minimum atomic E-state index is -1.04. The summed E-state index contributed by atoms with van der Waals surface area (Å²) in [7, 11) is 0. The van der Waals surface area contributed by atoms with Crippen molar-refractivity contribution in [3.63, 3.8) is 0 Å². The van der Waals surface area contributed by atoms with Crippen LogP contribution in [0.2, 0.25) is 0 Å². The van der Waals surface area contributed by atoms with Gasteiger partial charge >= 0.3 is 11.9 Å². The van der Waals surface area contributed by atoms with Gasteiger partial charge in [0, 0.05) is 5.69 Å². The second-order valence-corrected chi connectivity index (χ2v) is 10.7. The van der Waals surface area contributed by atoms with Crippen molar-refractivity contribution in [1.82, 2.24) is 0 Å². The van der Waals surface area contributed by atoms with E-state index in [0.717, 1.165) is 23.1 Å². The van der Waals surface area contributed by atoms with Crippen LogP contribution in [0.4, 0.5) is 14.5 Å². The number of benzene rings is 3. The van der Waals surface area contributed by atoms with Gasteiger partial charge in [-0.3, -0.25) is 14.5 Å². The van der Waals surface area contributed by atoms with Crippen LogP contribution in [0.3, 0.4) is 0 Å². The van der Waals surface area contributed by atoms with E-state index in [2.05, 4.69) is 0 Å². The minimum absolute atomic E-state index is 0.234. The van der Waals surface area contributed by atoms with Crippen LogP contribution in [0.5, 0.6) is 0 Å². The molecular weight excluding hydrogens is 492 g/mol. The summed E-state index contributed by atoms with van der Waals surface area (Å²) in [6.07, 6.45) is 0. The Hall–Kier alpha value is -4.07. The molecule has 200 valence electrons. The number of carbonyl (C=O) groups is 3. The topological polar surface area (TPSA) is 72.9 Å². The monoisotopic (exact) mass is 523 g/mol. The van der Waals surface area contributed by atoms with Crippen molar-refractivity contribution in [2.24, 2.45) is 0 Å². The fraction of sp³-hybridized carbons (Fsp3) is 0.300. The Morgan fingerprint density at radius 1 is 0.737 bits per heavy atom. The first kappa shape index (κ1) is 28.5. The number of rotatable bonds is 6. The summed E-state index contributed by atoms with van der Waals surface area (Å²) < 4.78 is 39.7. The molecule has 3 rings (SSSR count). The van der Waals surface area contributed by atoms with Gasteiger partial charge in [-0.1, -0.05) is 30.3 Å². The number of ether oxygens (including phenoxy) is 2. The third-order valence-electron chi connectivity index (χ3n) is 5.14. The maximum Gasteiger partial charge on any atom is 0.338 e. The molecule has 0 radical (unpaired) electrons. The molecule has 0 saturated heterocycles. The Morgan fingerprint density at radius 2 is 1.29 bits per heavy atom. The van der Waals surface area contributed by atoms with E-state index in [1.807, 2.05) is 0 Å². The number of esters is 2. The normalized spacial score (nSPS) is 11.6. The maximum atomic E-state index is 14.5. The molecule has 0 aliphatic heterocycles. The lowest BCUT2D eigenvalue weighted by Crippen LogP contribution is -2.39. The first-order valence-electron chi connectivity index (χ1n) is 12.1. The van der Waals surface area contributed by atoms with Crippen molar-refractivity contribution in [3.05, 3.63) is 89.5 Å². The van der Waals surface area contributed by atoms with Crippen molar-refractivity contribution >= 4 is 23.5 Å². The Labute approximate surface area is 221 Å². The number of anilines is 1. The molecule has 1 amide bonds. The summed E-state index contributed by atoms with van der Waals surface area (Å²) in [5, 5.41) is 0. The van der Waals surface area contributed by atoms with E-state index in [1.54, 1.807) is 90.1 Å². The minimum Gasteiger partial charge on any atom is -0.459 e. The summed E-state index contributed by atoms with van der Waals surface area (Å²) in [4.78, 5) is 39.3. The van der Waals surface area contributed by atoms with E-state index in [4.69, 9.17) is 9.47 Å². The standard InChI is InChI=1S/C30H31F2NO5/c1-29(2,3)37-25(34)18-33(27(35)26-23(31)11-8-12-24(26)32)22-10-7-9-21(17-22)19-13-15-20(16-14-19)28(36)38-30(4,5)6/h7-17H,18H2,1-6H3. The smallest absolute Gasteiger partial charge is 0.338 e. The average Bonchev–Trinajstić information content (AvgIpc) is 2.80. The van der Waals surface area contributed by atoms with Gasteiger partial charge in [-0.15, -0.1) is 0 Å². The van der Waals surface area contributed by atoms with Crippen molar-refractivity contribution < 1.29 is 32.6 Å². The zero-order valence-electron chi connectivity index (χ0n) is 22.3. The number of amides is 1. The molecule has 0 heterocycles. The third kappa shape index (κ3) is 7.47. The predicted octanol–water partition coefficient (Wildman–Crippen LogP) is 6.58. The van der Waals surface area contributed by atoms with Gasteiger partial charge in [-0.25, -0.2) is 13.6 Å². The highest BCUT2D eigenvalue weighted by Crippen LogP contribution is 2.28. The van der Waals surface area contributed by atoms with Gasteiger partial charge in [0.1, 0.15) is 34.9 Å². The van der Waals surface area contributed by atoms with Gasteiger partial charge < -0.3 is 9.47 Å². The average molecular weight is 524 g/mol. The molecule has 0 saturated carbocycles. The lowest BCUT2D eigenvalue weighted by molar-refractivity contribution is -0.152. The van der Waals surface area contributed by atoms with Crippen LogP contribution in [0.15, 0.2) is 66.7 Å². The van der Waals surface area contributed by atoms with Crippen molar-refractivity contribution in [2.75, 3.05) is 11.4 Å². The second kappa shape index (κ2) is 11.1. The van der Waals surface area contributed by atoms with Crippen LogP contribution < -0.4 is 4.90 Å². The van der Waals surface area contributed by atoms with E-state index in [9.17, 15) is 23.2 Å². The molecule has 0 aliphatic rings. The number of carbonyl (C=O) groups excluding carboxylic acids is 3. The molecule has 38 heavy (non-hydrogen) atoms. The largest absolute Gasteiger partial charge is 0.459 e. The maximum absolute atomic E-state index is 14.5. The lowest BCUT2D eigenvalue weighted by atomic mass is 10.0. The van der Waals surface area contributed by atoms with Gasteiger partial charge in [0.05, 0.1) is 5.56 Å². The molecule has 0 unspecified atom stereocenters. The van der Waals surface area contributed by atoms with E-state index in [1.165, 1.54) is 0 Å². The third-order valence-corrected chi connectivity index (χ3v) is 5.14. The molecule has 0 aliphatic carbocycles.